The Kier molecular flexibility index (Phi) is 4.96. The fraction of sp³-hybridized carbons (Fsp3) is 0.312. The van der Waals surface area contributed by atoms with Gasteiger partial charge in [0.15, 0.2) is 6.04 Å². The minimum absolute atomic E-state index is 0.156. The number of methoxy groups -OCH3 is 1. The predicted molar refractivity (Wildman–Crippen MR) is 79.2 cm³/mol. The van der Waals surface area contributed by atoms with Gasteiger partial charge in [0, 0.05) is 12.6 Å². The number of benzene rings is 1. The summed E-state index contributed by atoms with van der Waals surface area (Å²) in [5, 5.41) is 3.68. The zero-order valence-corrected chi connectivity index (χ0v) is 13.6. The first-order valence-corrected chi connectivity index (χ1v) is 7.00. The number of likely N-dealkylation sites (N-methyl/N-ethyl adjacent to an activating group) is 1. The molecule has 1 amide bonds. The first-order chi connectivity index (χ1) is 11.3. The van der Waals surface area contributed by atoms with Gasteiger partial charge >= 0.3 is 5.97 Å². The number of carbonyl (C=O) groups is 2. The highest BCUT2D eigenvalue weighted by Gasteiger charge is 2.34. The van der Waals surface area contributed by atoms with Crippen molar-refractivity contribution in [3.63, 3.8) is 0 Å². The SMILES string of the molecule is COC(=O)[C@@H](c1cc(F)ccc1F)N(C)C(=O)c1c(C)noc1C. The number of amides is 1. The van der Waals surface area contributed by atoms with Gasteiger partial charge < -0.3 is 14.2 Å². The average Bonchev–Trinajstić information content (AvgIpc) is 2.88. The third kappa shape index (κ3) is 3.12. The standard InChI is InChI=1S/C16H16F2N2O4/c1-8-13(9(2)24-19-8)15(21)20(3)14(16(22)23-4)11-7-10(17)5-6-12(11)18/h5-7,14H,1-4H3/t14-/m1/s1. The van der Waals surface area contributed by atoms with Crippen LogP contribution in [0.15, 0.2) is 22.7 Å². The monoisotopic (exact) mass is 338 g/mol. The van der Waals surface area contributed by atoms with Gasteiger partial charge in [-0.25, -0.2) is 13.6 Å². The minimum Gasteiger partial charge on any atom is -0.467 e. The molecular weight excluding hydrogens is 322 g/mol. The van der Waals surface area contributed by atoms with Gasteiger partial charge in [0.1, 0.15) is 23.0 Å². The largest absolute Gasteiger partial charge is 0.467 e. The van der Waals surface area contributed by atoms with Crippen molar-refractivity contribution in [3.05, 3.63) is 52.4 Å². The lowest BCUT2D eigenvalue weighted by atomic mass is 10.0. The van der Waals surface area contributed by atoms with E-state index < -0.39 is 29.6 Å². The van der Waals surface area contributed by atoms with Crippen molar-refractivity contribution >= 4 is 11.9 Å². The Bertz CT molecular complexity index is 769. The Balaban J connectivity index is 2.50. The summed E-state index contributed by atoms with van der Waals surface area (Å²) < 4.78 is 37.2. The third-order valence-electron chi connectivity index (χ3n) is 3.63. The number of nitrogens with zero attached hydrogens (tertiary/aromatic N) is 2. The van der Waals surface area contributed by atoms with E-state index >= 15 is 0 Å². The fourth-order valence-electron chi connectivity index (χ4n) is 2.41. The van der Waals surface area contributed by atoms with Crippen molar-refractivity contribution in [2.45, 2.75) is 19.9 Å². The molecule has 6 nitrogen and oxygen atoms in total. The average molecular weight is 338 g/mol. The number of esters is 1. The summed E-state index contributed by atoms with van der Waals surface area (Å²) in [6.45, 7) is 3.10. The van der Waals surface area contributed by atoms with Crippen LogP contribution in [0.1, 0.15) is 33.4 Å². The molecule has 1 aromatic carbocycles. The minimum atomic E-state index is -1.45. The second-order valence-corrected chi connectivity index (χ2v) is 5.21. The van der Waals surface area contributed by atoms with E-state index in [1.807, 2.05) is 0 Å². The molecular formula is C16H16F2N2O4. The van der Waals surface area contributed by atoms with Gasteiger partial charge in [-0.05, 0) is 32.0 Å². The van der Waals surface area contributed by atoms with Crippen LogP contribution >= 0.6 is 0 Å². The van der Waals surface area contributed by atoms with E-state index in [0.717, 1.165) is 30.2 Å². The van der Waals surface area contributed by atoms with Gasteiger partial charge in [-0.15, -0.1) is 0 Å². The highest BCUT2D eigenvalue weighted by atomic mass is 19.1. The summed E-state index contributed by atoms with van der Waals surface area (Å²) in [5.74, 6) is -2.83. The van der Waals surface area contributed by atoms with Crippen LogP contribution in [0.3, 0.4) is 0 Å². The molecule has 128 valence electrons. The van der Waals surface area contributed by atoms with Crippen molar-refractivity contribution in [2.75, 3.05) is 14.2 Å². The summed E-state index contributed by atoms with van der Waals surface area (Å²) in [6.07, 6.45) is 0. The Morgan fingerprint density at radius 1 is 1.29 bits per heavy atom. The number of ether oxygens (including phenoxy) is 1. The summed E-state index contributed by atoms with van der Waals surface area (Å²) in [4.78, 5) is 25.8. The van der Waals surface area contributed by atoms with Crippen LogP contribution in [0.4, 0.5) is 8.78 Å². The second-order valence-electron chi connectivity index (χ2n) is 5.21. The lowest BCUT2D eigenvalue weighted by Crippen LogP contribution is -2.37. The van der Waals surface area contributed by atoms with Gasteiger partial charge in [0.25, 0.3) is 5.91 Å². The van der Waals surface area contributed by atoms with E-state index in [1.165, 1.54) is 14.0 Å². The van der Waals surface area contributed by atoms with Crippen LogP contribution in [0.5, 0.6) is 0 Å². The number of hydrogen-bond acceptors (Lipinski definition) is 5. The quantitative estimate of drug-likeness (QED) is 0.801. The number of hydrogen-bond donors (Lipinski definition) is 0. The molecule has 2 rings (SSSR count). The molecule has 0 aliphatic heterocycles. The fourth-order valence-corrected chi connectivity index (χ4v) is 2.41. The summed E-state index contributed by atoms with van der Waals surface area (Å²) in [5.41, 5.74) is 0.181. The molecule has 0 fully saturated rings. The number of carbonyl (C=O) groups excluding carboxylic acids is 2. The van der Waals surface area contributed by atoms with E-state index in [0.29, 0.717) is 5.69 Å². The molecule has 24 heavy (non-hydrogen) atoms. The molecule has 2 aromatic rings. The Morgan fingerprint density at radius 2 is 1.96 bits per heavy atom. The van der Waals surface area contributed by atoms with E-state index in [2.05, 4.69) is 9.89 Å². The molecule has 0 spiro atoms. The van der Waals surface area contributed by atoms with E-state index in [1.54, 1.807) is 6.92 Å². The normalized spacial score (nSPS) is 11.9. The molecule has 0 saturated carbocycles. The van der Waals surface area contributed by atoms with Crippen molar-refractivity contribution in [3.8, 4) is 0 Å². The number of rotatable bonds is 4. The molecule has 0 aliphatic carbocycles. The maximum absolute atomic E-state index is 14.1. The third-order valence-corrected chi connectivity index (χ3v) is 3.63. The van der Waals surface area contributed by atoms with Crippen LogP contribution in [0.2, 0.25) is 0 Å². The molecule has 8 heteroatoms. The second kappa shape index (κ2) is 6.77. The van der Waals surface area contributed by atoms with Crippen LogP contribution < -0.4 is 0 Å². The zero-order chi connectivity index (χ0) is 18.0. The van der Waals surface area contributed by atoms with E-state index in [4.69, 9.17) is 4.52 Å². The molecule has 0 unspecified atom stereocenters. The van der Waals surface area contributed by atoms with Gasteiger partial charge in [0.05, 0.1) is 12.8 Å². The molecule has 1 heterocycles. The molecule has 1 atom stereocenters. The smallest absolute Gasteiger partial charge is 0.333 e. The van der Waals surface area contributed by atoms with Crippen molar-refractivity contribution < 1.29 is 27.6 Å². The van der Waals surface area contributed by atoms with Gasteiger partial charge in [0.2, 0.25) is 0 Å². The lowest BCUT2D eigenvalue weighted by molar-refractivity contribution is -0.146. The van der Waals surface area contributed by atoms with Gasteiger partial charge in [-0.2, -0.15) is 0 Å². The van der Waals surface area contributed by atoms with E-state index in [9.17, 15) is 18.4 Å². The van der Waals surface area contributed by atoms with Gasteiger partial charge in [-0.1, -0.05) is 5.16 Å². The highest BCUT2D eigenvalue weighted by molar-refractivity contribution is 5.98. The summed E-state index contributed by atoms with van der Waals surface area (Å²) >= 11 is 0. The summed E-state index contributed by atoms with van der Waals surface area (Å²) in [6, 6.07) is 1.21. The highest BCUT2D eigenvalue weighted by Crippen LogP contribution is 2.27. The summed E-state index contributed by atoms with van der Waals surface area (Å²) in [7, 11) is 2.39. The van der Waals surface area contributed by atoms with Crippen molar-refractivity contribution in [1.82, 2.24) is 10.1 Å². The maximum Gasteiger partial charge on any atom is 0.333 e. The topological polar surface area (TPSA) is 72.6 Å². The zero-order valence-electron chi connectivity index (χ0n) is 13.6. The van der Waals surface area contributed by atoms with Crippen LogP contribution in [0, 0.1) is 25.5 Å². The molecule has 0 N–H and O–H groups in total. The molecule has 0 aliphatic rings. The van der Waals surface area contributed by atoms with Crippen LogP contribution in [0.25, 0.3) is 0 Å². The molecule has 1 aromatic heterocycles. The molecule has 0 bridgehead atoms. The first-order valence-electron chi connectivity index (χ1n) is 7.00. The first kappa shape index (κ1) is 17.6. The molecule has 0 saturated heterocycles. The van der Waals surface area contributed by atoms with Crippen LogP contribution in [-0.4, -0.2) is 36.1 Å². The Morgan fingerprint density at radius 3 is 2.50 bits per heavy atom. The van der Waals surface area contributed by atoms with Gasteiger partial charge in [-0.3, -0.25) is 4.79 Å². The van der Waals surface area contributed by atoms with Crippen molar-refractivity contribution in [1.29, 1.82) is 0 Å². The maximum atomic E-state index is 14.1. The Hall–Kier alpha value is -2.77. The van der Waals surface area contributed by atoms with Crippen molar-refractivity contribution in [2.24, 2.45) is 0 Å². The van der Waals surface area contributed by atoms with E-state index in [-0.39, 0.29) is 16.9 Å². The number of aryl methyl sites for hydroxylation is 2. The number of halogens is 2. The number of aromatic nitrogens is 1. The van der Waals surface area contributed by atoms with Crippen LogP contribution in [-0.2, 0) is 9.53 Å². The predicted octanol–water partition coefficient (Wildman–Crippen LogP) is 2.56. The molecule has 0 radical (unpaired) electrons. The Labute approximate surface area is 137 Å². The lowest BCUT2D eigenvalue weighted by Gasteiger charge is -2.26.